The van der Waals surface area contributed by atoms with Crippen molar-refractivity contribution in [2.75, 3.05) is 0 Å². The molecule has 0 amide bonds. The van der Waals surface area contributed by atoms with Crippen molar-refractivity contribution < 1.29 is 28.5 Å². The maximum absolute atomic E-state index is 4.86. The predicted octanol–water partition coefficient (Wildman–Crippen LogP) is -0.921. The van der Waals surface area contributed by atoms with Gasteiger partial charge in [-0.15, -0.1) is 0 Å². The van der Waals surface area contributed by atoms with E-state index in [9.17, 15) is 0 Å². The molecule has 0 unspecified atom stereocenters. The Morgan fingerprint density at radius 1 is 1.00 bits per heavy atom. The van der Waals surface area contributed by atoms with Gasteiger partial charge in [0.05, 0.1) is 0 Å². The predicted molar refractivity (Wildman–Crippen MR) is 26.1 cm³/mol. The quantitative estimate of drug-likeness (QED) is 0.517. The molecule has 0 aromatic carbocycles. The fourth-order valence-corrected chi connectivity index (χ4v) is 0. The Morgan fingerprint density at radius 3 is 1.00 bits per heavy atom. The van der Waals surface area contributed by atoms with Crippen LogP contribution in [0.3, 0.4) is 0 Å². The Kier molecular flexibility index (Phi) is 108. The molecule has 2 nitrogen and oxygen atoms in total. The summed E-state index contributed by atoms with van der Waals surface area (Å²) in [5.74, 6) is 0. The van der Waals surface area contributed by atoms with Crippen LogP contribution < -0.4 is 0 Å². The van der Waals surface area contributed by atoms with Crippen LogP contribution in [0.4, 0.5) is 0 Å². The van der Waals surface area contributed by atoms with Crippen molar-refractivity contribution in [1.82, 2.24) is 0 Å². The van der Waals surface area contributed by atoms with Crippen LogP contribution in [0.5, 0.6) is 0 Å². The summed E-state index contributed by atoms with van der Waals surface area (Å²) in [5, 5.41) is 0. The SMILES string of the molecule is O.O.[Cl][Au][Cl].[NaH]. The molecule has 0 rings (SSSR count). The van der Waals surface area contributed by atoms with E-state index in [4.69, 9.17) is 18.4 Å². The monoisotopic (exact) mass is 327 g/mol. The fourth-order valence-electron chi connectivity index (χ4n) is 0. The molecule has 0 bridgehead atoms. The standard InChI is InChI=1S/Au.2ClH.Na.2H2O.H/h;2*1H;;2*1H2;/q+2;;;;;;/p-2. The minimum absolute atomic E-state index is 0. The van der Waals surface area contributed by atoms with E-state index >= 15 is 0 Å². The Balaban J connectivity index is -0.00000000667. The van der Waals surface area contributed by atoms with E-state index in [1.54, 1.807) is 0 Å². The van der Waals surface area contributed by atoms with Crippen LogP contribution in [0.2, 0.25) is 0 Å². The molecule has 6 heavy (non-hydrogen) atoms. The van der Waals surface area contributed by atoms with Gasteiger partial charge in [-0.05, 0) is 0 Å². The molecule has 0 aromatic heterocycles. The van der Waals surface area contributed by atoms with E-state index in [0.717, 1.165) is 0 Å². The first kappa shape index (κ1) is 24.0. The van der Waals surface area contributed by atoms with E-state index in [1.807, 2.05) is 0 Å². The van der Waals surface area contributed by atoms with Crippen molar-refractivity contribution in [2.24, 2.45) is 0 Å². The molecule has 0 atom stereocenters. The van der Waals surface area contributed by atoms with Crippen molar-refractivity contribution >= 4 is 47.9 Å². The molecular formula is H5AuCl2NaO2. The van der Waals surface area contributed by atoms with E-state index in [-0.39, 0.29) is 58.1 Å². The van der Waals surface area contributed by atoms with Crippen LogP contribution in [0, 0.1) is 0 Å². The van der Waals surface area contributed by atoms with Crippen molar-refractivity contribution in [3.63, 3.8) is 0 Å². The number of halogens is 2. The van der Waals surface area contributed by atoms with Gasteiger partial charge in [-0.2, -0.15) is 0 Å². The van der Waals surface area contributed by atoms with E-state index in [0.29, 0.717) is 0 Å². The van der Waals surface area contributed by atoms with Gasteiger partial charge < -0.3 is 11.0 Å². The van der Waals surface area contributed by atoms with Crippen molar-refractivity contribution in [3.05, 3.63) is 0 Å². The van der Waals surface area contributed by atoms with Crippen LogP contribution in [0.15, 0.2) is 0 Å². The van der Waals surface area contributed by atoms with Crippen LogP contribution in [-0.4, -0.2) is 40.5 Å². The minimum atomic E-state index is -0.389. The number of rotatable bonds is 0. The Morgan fingerprint density at radius 2 is 1.00 bits per heavy atom. The first-order chi connectivity index (χ1) is 1.41. The second-order valence-corrected chi connectivity index (χ2v) is 3.17. The van der Waals surface area contributed by atoms with E-state index in [1.165, 1.54) is 0 Å². The van der Waals surface area contributed by atoms with Crippen LogP contribution in [0.1, 0.15) is 0 Å². The van der Waals surface area contributed by atoms with Gasteiger partial charge in [0.2, 0.25) is 0 Å². The summed E-state index contributed by atoms with van der Waals surface area (Å²) >= 11 is -0.389. The van der Waals surface area contributed by atoms with Gasteiger partial charge in [-0.1, -0.05) is 0 Å². The molecule has 0 saturated heterocycles. The molecule has 0 aliphatic rings. The summed E-state index contributed by atoms with van der Waals surface area (Å²) < 4.78 is 0. The third kappa shape index (κ3) is 34.1. The molecule has 0 heterocycles. The normalized spacial score (nSPS) is 3.67. The third-order valence-electron chi connectivity index (χ3n) is 0. The third-order valence-corrected chi connectivity index (χ3v) is 0. The average molecular weight is 328 g/mol. The molecule has 6 heteroatoms. The van der Waals surface area contributed by atoms with Crippen LogP contribution in [-0.2, 0) is 17.6 Å². The molecule has 0 fully saturated rings. The molecule has 0 aliphatic carbocycles. The van der Waals surface area contributed by atoms with Crippen molar-refractivity contribution in [2.45, 2.75) is 0 Å². The molecule has 4 N–H and O–H groups in total. The Labute approximate surface area is 75.5 Å². The van der Waals surface area contributed by atoms with Gasteiger partial charge in [-0.25, -0.2) is 0 Å². The zero-order valence-corrected chi connectivity index (χ0v) is 5.74. The summed E-state index contributed by atoms with van der Waals surface area (Å²) in [6, 6.07) is 0. The van der Waals surface area contributed by atoms with Crippen molar-refractivity contribution in [3.8, 4) is 0 Å². The summed E-state index contributed by atoms with van der Waals surface area (Å²) in [6.45, 7) is 0. The zero-order valence-electron chi connectivity index (χ0n) is 2.06. The zero-order chi connectivity index (χ0) is 2.71. The van der Waals surface area contributed by atoms with Gasteiger partial charge in [0.1, 0.15) is 0 Å². The first-order valence-electron chi connectivity index (χ1n) is 0.228. The molecule has 0 saturated carbocycles. The van der Waals surface area contributed by atoms with E-state index < -0.39 is 0 Å². The fraction of sp³-hybridized carbons (Fsp3) is 0. The summed E-state index contributed by atoms with van der Waals surface area (Å²) in [7, 11) is 9.72. The van der Waals surface area contributed by atoms with E-state index in [2.05, 4.69) is 0 Å². The van der Waals surface area contributed by atoms with Gasteiger partial charge in [0.15, 0.2) is 0 Å². The number of hydrogen-bond acceptors (Lipinski definition) is 0. The maximum atomic E-state index is 4.86. The Bertz CT molecular complexity index is 11.5. The summed E-state index contributed by atoms with van der Waals surface area (Å²) in [5.41, 5.74) is 0. The molecule has 0 aromatic rings. The second-order valence-electron chi connectivity index (χ2n) is 0.0431. The molecule has 43 valence electrons. The number of hydrogen-bond donors (Lipinski definition) is 0. The van der Waals surface area contributed by atoms with Crippen LogP contribution >= 0.6 is 18.4 Å². The molecular weight excluding hydrogens is 323 g/mol. The second kappa shape index (κ2) is 26.9. The van der Waals surface area contributed by atoms with Gasteiger partial charge in [0, 0.05) is 0 Å². The Hall–Kier alpha value is 2.24. The summed E-state index contributed by atoms with van der Waals surface area (Å²) in [6.07, 6.45) is 0. The molecule has 0 spiro atoms. The van der Waals surface area contributed by atoms with Gasteiger partial charge in [0.25, 0.3) is 0 Å². The van der Waals surface area contributed by atoms with Gasteiger partial charge in [-0.3, -0.25) is 0 Å². The summed E-state index contributed by atoms with van der Waals surface area (Å²) in [4.78, 5) is 0. The van der Waals surface area contributed by atoms with Crippen molar-refractivity contribution in [1.29, 1.82) is 0 Å². The first-order valence-corrected chi connectivity index (χ1v) is 5.60. The molecule has 0 radical (unpaired) electrons. The van der Waals surface area contributed by atoms with Crippen LogP contribution in [0.25, 0.3) is 0 Å². The average Bonchev–Trinajstić information content (AvgIpc) is 0.918. The van der Waals surface area contributed by atoms with Gasteiger partial charge >= 0.3 is 65.5 Å². The topological polar surface area (TPSA) is 63.0 Å². The molecule has 0 aliphatic heterocycles.